The van der Waals surface area contributed by atoms with E-state index in [1.165, 1.54) is 13.2 Å². The molecule has 1 aromatic heterocycles. The van der Waals surface area contributed by atoms with Crippen LogP contribution in [-0.2, 0) is 9.47 Å². The van der Waals surface area contributed by atoms with Crippen molar-refractivity contribution < 1.29 is 19.2 Å². The molecule has 0 saturated carbocycles. The van der Waals surface area contributed by atoms with Crippen molar-refractivity contribution in [2.45, 2.75) is 0 Å². The minimum absolute atomic E-state index is 0.126. The number of carbonyl (C=O) groups is 1. The number of nitro groups is 1. The molecule has 0 radical (unpaired) electrons. The van der Waals surface area contributed by atoms with Crippen LogP contribution in [0.4, 0.5) is 23.0 Å². The van der Waals surface area contributed by atoms with Crippen molar-refractivity contribution in [3.63, 3.8) is 0 Å². The monoisotopic (exact) mass is 358 g/mol. The average Bonchev–Trinajstić information content (AvgIpc) is 2.68. The number of nitrogens with one attached hydrogen (secondary N) is 1. The second-order valence-electron chi connectivity index (χ2n) is 5.59. The lowest BCUT2D eigenvalue weighted by Gasteiger charge is -2.28. The number of benzene rings is 1. The molecule has 1 N–H and O–H groups in total. The molecule has 136 valence electrons. The third-order valence-corrected chi connectivity index (χ3v) is 3.96. The molecule has 9 nitrogen and oxygen atoms in total. The van der Waals surface area contributed by atoms with Crippen LogP contribution in [0.2, 0.25) is 0 Å². The van der Waals surface area contributed by atoms with Crippen LogP contribution in [-0.4, -0.2) is 49.3 Å². The van der Waals surface area contributed by atoms with Gasteiger partial charge in [-0.15, -0.1) is 0 Å². The third kappa shape index (κ3) is 3.89. The number of anilines is 3. The van der Waals surface area contributed by atoms with E-state index in [9.17, 15) is 14.9 Å². The van der Waals surface area contributed by atoms with Crippen molar-refractivity contribution in [1.29, 1.82) is 0 Å². The maximum absolute atomic E-state index is 11.5. The third-order valence-electron chi connectivity index (χ3n) is 3.96. The predicted molar refractivity (Wildman–Crippen MR) is 95.0 cm³/mol. The van der Waals surface area contributed by atoms with Crippen molar-refractivity contribution >= 4 is 29.0 Å². The Morgan fingerprint density at radius 1 is 1.23 bits per heavy atom. The topological polar surface area (TPSA) is 107 Å². The minimum atomic E-state index is -0.485. The van der Waals surface area contributed by atoms with Gasteiger partial charge in [0.2, 0.25) is 5.82 Å². The van der Waals surface area contributed by atoms with Crippen LogP contribution in [0.1, 0.15) is 10.4 Å². The SMILES string of the molecule is COC(=O)c1ccc(Nc2nc(N3CCOCC3)ccc2[N+](=O)[O-])cc1. The summed E-state index contributed by atoms with van der Waals surface area (Å²) in [6, 6.07) is 9.49. The van der Waals surface area contributed by atoms with Crippen molar-refractivity contribution in [3.8, 4) is 0 Å². The van der Waals surface area contributed by atoms with Gasteiger partial charge in [0.15, 0.2) is 0 Å². The molecule has 2 heterocycles. The Bertz CT molecular complexity index is 803. The molecule has 0 unspecified atom stereocenters. The van der Waals surface area contributed by atoms with Gasteiger partial charge in [-0.2, -0.15) is 0 Å². The van der Waals surface area contributed by atoms with E-state index in [2.05, 4.69) is 15.0 Å². The first-order chi connectivity index (χ1) is 12.6. The number of morpholine rings is 1. The average molecular weight is 358 g/mol. The van der Waals surface area contributed by atoms with E-state index in [-0.39, 0.29) is 11.5 Å². The minimum Gasteiger partial charge on any atom is -0.465 e. The summed E-state index contributed by atoms with van der Waals surface area (Å²) in [5.74, 6) is 0.340. The smallest absolute Gasteiger partial charge is 0.337 e. The van der Waals surface area contributed by atoms with Gasteiger partial charge in [0.25, 0.3) is 0 Å². The van der Waals surface area contributed by atoms with Crippen LogP contribution in [0.3, 0.4) is 0 Å². The first-order valence-electron chi connectivity index (χ1n) is 8.02. The van der Waals surface area contributed by atoms with Gasteiger partial charge in [-0.05, 0) is 30.3 Å². The molecular formula is C17H18N4O5. The Morgan fingerprint density at radius 3 is 2.54 bits per heavy atom. The molecule has 1 fully saturated rings. The van der Waals surface area contributed by atoms with Gasteiger partial charge >= 0.3 is 11.7 Å². The van der Waals surface area contributed by atoms with E-state index in [1.807, 2.05) is 4.90 Å². The maximum atomic E-state index is 11.5. The Balaban J connectivity index is 1.86. The van der Waals surface area contributed by atoms with E-state index in [4.69, 9.17) is 4.74 Å². The lowest BCUT2D eigenvalue weighted by molar-refractivity contribution is -0.384. The second-order valence-corrected chi connectivity index (χ2v) is 5.59. The highest BCUT2D eigenvalue weighted by Gasteiger charge is 2.20. The van der Waals surface area contributed by atoms with Crippen molar-refractivity contribution in [1.82, 2.24) is 4.98 Å². The standard InChI is InChI=1S/C17H18N4O5/c1-25-17(22)12-2-4-13(5-3-12)18-16-14(21(23)24)6-7-15(19-16)20-8-10-26-11-9-20/h2-7H,8-11H2,1H3,(H,18,19). The van der Waals surface area contributed by atoms with E-state index in [1.54, 1.807) is 30.3 Å². The normalized spacial score (nSPS) is 14.0. The molecule has 2 aromatic rings. The maximum Gasteiger partial charge on any atom is 0.337 e. The number of aromatic nitrogens is 1. The van der Waals surface area contributed by atoms with Crippen LogP contribution in [0.25, 0.3) is 0 Å². The van der Waals surface area contributed by atoms with Gasteiger partial charge in [-0.25, -0.2) is 9.78 Å². The van der Waals surface area contributed by atoms with Gasteiger partial charge in [-0.1, -0.05) is 0 Å². The molecule has 26 heavy (non-hydrogen) atoms. The lowest BCUT2D eigenvalue weighted by Crippen LogP contribution is -2.36. The molecule has 0 bridgehead atoms. The van der Waals surface area contributed by atoms with Gasteiger partial charge < -0.3 is 19.7 Å². The van der Waals surface area contributed by atoms with Crippen LogP contribution in [0.15, 0.2) is 36.4 Å². The number of rotatable bonds is 5. The van der Waals surface area contributed by atoms with Crippen LogP contribution >= 0.6 is 0 Å². The van der Waals surface area contributed by atoms with Crippen molar-refractivity contribution in [3.05, 3.63) is 52.1 Å². The summed E-state index contributed by atoms with van der Waals surface area (Å²) in [5.41, 5.74) is 0.842. The number of ether oxygens (including phenoxy) is 2. The number of pyridine rings is 1. The summed E-state index contributed by atoms with van der Waals surface area (Å²) in [6.45, 7) is 2.54. The van der Waals surface area contributed by atoms with Crippen LogP contribution in [0, 0.1) is 10.1 Å². The number of esters is 1. The van der Waals surface area contributed by atoms with Crippen molar-refractivity contribution in [2.75, 3.05) is 43.6 Å². The number of carbonyl (C=O) groups excluding carboxylic acids is 1. The Hall–Kier alpha value is -3.20. The van der Waals surface area contributed by atoms with Crippen LogP contribution < -0.4 is 10.2 Å². The summed E-state index contributed by atoms with van der Waals surface area (Å²) < 4.78 is 9.97. The Morgan fingerprint density at radius 2 is 1.92 bits per heavy atom. The molecule has 0 spiro atoms. The van der Waals surface area contributed by atoms with E-state index in [0.29, 0.717) is 43.4 Å². The molecule has 1 aliphatic rings. The molecule has 1 saturated heterocycles. The first-order valence-corrected chi connectivity index (χ1v) is 8.02. The van der Waals surface area contributed by atoms with Gasteiger partial charge in [0, 0.05) is 24.8 Å². The summed E-state index contributed by atoms with van der Waals surface area (Å²) in [4.78, 5) is 28.7. The van der Waals surface area contributed by atoms with E-state index >= 15 is 0 Å². The zero-order chi connectivity index (χ0) is 18.5. The summed E-state index contributed by atoms with van der Waals surface area (Å²) in [5, 5.41) is 14.3. The molecule has 3 rings (SSSR count). The van der Waals surface area contributed by atoms with Gasteiger partial charge in [0.05, 0.1) is 30.8 Å². The number of hydrogen-bond donors (Lipinski definition) is 1. The fourth-order valence-electron chi connectivity index (χ4n) is 2.59. The summed E-state index contributed by atoms with van der Waals surface area (Å²) in [6.07, 6.45) is 0. The number of hydrogen-bond acceptors (Lipinski definition) is 8. The number of nitrogens with zero attached hydrogens (tertiary/aromatic N) is 3. The fraction of sp³-hybridized carbons (Fsp3) is 0.294. The molecule has 0 aliphatic carbocycles. The fourth-order valence-corrected chi connectivity index (χ4v) is 2.59. The summed E-state index contributed by atoms with van der Waals surface area (Å²) >= 11 is 0. The Labute approximate surface area is 149 Å². The van der Waals surface area contributed by atoms with Crippen LogP contribution in [0.5, 0.6) is 0 Å². The second kappa shape index (κ2) is 7.79. The summed E-state index contributed by atoms with van der Waals surface area (Å²) in [7, 11) is 1.30. The highest BCUT2D eigenvalue weighted by atomic mass is 16.6. The van der Waals surface area contributed by atoms with Gasteiger partial charge in [-0.3, -0.25) is 10.1 Å². The molecule has 0 atom stereocenters. The first kappa shape index (κ1) is 17.6. The highest BCUT2D eigenvalue weighted by Crippen LogP contribution is 2.29. The zero-order valence-electron chi connectivity index (χ0n) is 14.2. The largest absolute Gasteiger partial charge is 0.465 e. The quantitative estimate of drug-likeness (QED) is 0.493. The molecule has 1 aromatic carbocycles. The van der Waals surface area contributed by atoms with Crippen molar-refractivity contribution in [2.24, 2.45) is 0 Å². The highest BCUT2D eigenvalue weighted by molar-refractivity contribution is 5.89. The lowest BCUT2D eigenvalue weighted by atomic mass is 10.2. The zero-order valence-corrected chi connectivity index (χ0v) is 14.2. The molecule has 9 heteroatoms. The van der Waals surface area contributed by atoms with Gasteiger partial charge in [0.1, 0.15) is 5.82 Å². The number of methoxy groups -OCH3 is 1. The Kier molecular flexibility index (Phi) is 5.28. The predicted octanol–water partition coefficient (Wildman–Crippen LogP) is 2.36. The molecule has 1 aliphatic heterocycles. The molecule has 0 amide bonds. The van der Waals surface area contributed by atoms with E-state index in [0.717, 1.165) is 0 Å². The van der Waals surface area contributed by atoms with E-state index < -0.39 is 10.9 Å². The molecular weight excluding hydrogens is 340 g/mol.